The molecule has 7 nitrogen and oxygen atoms in total. The molecule has 4 rings (SSSR count). The lowest BCUT2D eigenvalue weighted by Gasteiger charge is -2.03. The van der Waals surface area contributed by atoms with Crippen molar-refractivity contribution < 1.29 is 4.79 Å². The van der Waals surface area contributed by atoms with Gasteiger partial charge in [-0.1, -0.05) is 6.07 Å². The van der Waals surface area contributed by atoms with Crippen LogP contribution in [0.15, 0.2) is 42.7 Å². The van der Waals surface area contributed by atoms with Gasteiger partial charge in [-0.15, -0.1) is 0 Å². The highest BCUT2D eigenvalue weighted by Crippen LogP contribution is 2.28. The normalized spacial score (nSPS) is 11.2. The number of amides is 1. The molecular weight excluding hydrogens is 268 g/mol. The van der Waals surface area contributed by atoms with Crippen LogP contribution in [-0.2, 0) is 0 Å². The summed E-state index contributed by atoms with van der Waals surface area (Å²) >= 11 is 0. The van der Waals surface area contributed by atoms with Crippen LogP contribution in [0.4, 0.5) is 0 Å². The van der Waals surface area contributed by atoms with E-state index in [9.17, 15) is 4.79 Å². The van der Waals surface area contributed by atoms with Crippen molar-refractivity contribution in [1.82, 2.24) is 25.0 Å². The second kappa shape index (κ2) is 4.14. The maximum absolute atomic E-state index is 11.7. The van der Waals surface area contributed by atoms with Gasteiger partial charge in [0, 0.05) is 17.0 Å². The van der Waals surface area contributed by atoms with Crippen LogP contribution in [0.3, 0.4) is 0 Å². The predicted octanol–water partition coefficient (Wildman–Crippen LogP) is 1.40. The van der Waals surface area contributed by atoms with Crippen LogP contribution in [0.25, 0.3) is 27.6 Å². The van der Waals surface area contributed by atoms with E-state index >= 15 is 0 Å². The van der Waals surface area contributed by atoms with Crippen molar-refractivity contribution in [2.24, 2.45) is 5.73 Å². The number of aromatic nitrogens is 5. The number of carbonyl (C=O) groups excluding carboxylic acids is 1. The Morgan fingerprint density at radius 3 is 2.86 bits per heavy atom. The van der Waals surface area contributed by atoms with Gasteiger partial charge in [0.25, 0.3) is 5.91 Å². The molecule has 0 saturated heterocycles. The lowest BCUT2D eigenvalue weighted by Crippen LogP contribution is -2.12. The molecule has 3 N–H and O–H groups in total. The number of aromatic amines is 1. The van der Waals surface area contributed by atoms with Crippen molar-refractivity contribution in [2.45, 2.75) is 0 Å². The molecule has 0 aliphatic rings. The average molecular weight is 278 g/mol. The Morgan fingerprint density at radius 1 is 1.19 bits per heavy atom. The zero-order chi connectivity index (χ0) is 14.4. The molecule has 102 valence electrons. The summed E-state index contributed by atoms with van der Waals surface area (Å²) in [6, 6.07) is 9.15. The lowest BCUT2D eigenvalue weighted by atomic mass is 10.1. The standard InChI is InChI=1S/C14H10N6O/c15-14(21)12-8-4-5-10-9(7-17-18-10)13(8)20(19-12)11-3-1-2-6-16-11/h1-7,19H,(H2,15,21). The minimum absolute atomic E-state index is 0.332. The molecule has 0 radical (unpaired) electrons. The van der Waals surface area contributed by atoms with Crippen molar-refractivity contribution in [1.29, 1.82) is 0 Å². The smallest absolute Gasteiger partial charge is 0.267 e. The number of pyridine rings is 1. The predicted molar refractivity (Wildman–Crippen MR) is 77.0 cm³/mol. The summed E-state index contributed by atoms with van der Waals surface area (Å²) in [4.78, 5) is 16.0. The first kappa shape index (κ1) is 11.6. The minimum atomic E-state index is -0.526. The van der Waals surface area contributed by atoms with Crippen molar-refractivity contribution >= 4 is 27.7 Å². The lowest BCUT2D eigenvalue weighted by molar-refractivity contribution is 0.0996. The van der Waals surface area contributed by atoms with Crippen LogP contribution in [0.5, 0.6) is 0 Å². The largest absolute Gasteiger partial charge is 0.364 e. The topological polar surface area (TPSA) is 102 Å². The molecule has 0 fully saturated rings. The molecule has 4 aromatic rings. The highest BCUT2D eigenvalue weighted by Gasteiger charge is 2.17. The fraction of sp³-hybridized carbons (Fsp3) is 0. The number of carbonyl (C=O) groups is 1. The molecule has 0 saturated carbocycles. The van der Waals surface area contributed by atoms with Crippen LogP contribution in [0, 0.1) is 0 Å². The molecule has 21 heavy (non-hydrogen) atoms. The van der Waals surface area contributed by atoms with Crippen LogP contribution in [0.2, 0.25) is 0 Å². The fourth-order valence-electron chi connectivity index (χ4n) is 2.48. The summed E-state index contributed by atoms with van der Waals surface area (Å²) in [5.41, 5.74) is 7.32. The van der Waals surface area contributed by atoms with Gasteiger partial charge in [-0.2, -0.15) is 10.2 Å². The van der Waals surface area contributed by atoms with Gasteiger partial charge in [0.15, 0.2) is 5.82 Å². The molecule has 1 amide bonds. The summed E-state index contributed by atoms with van der Waals surface area (Å²) in [6.07, 6.45) is 3.34. The number of benzene rings is 1. The van der Waals surface area contributed by atoms with Gasteiger partial charge in [-0.3, -0.25) is 9.89 Å². The van der Waals surface area contributed by atoms with Gasteiger partial charge in [-0.05, 0) is 24.3 Å². The van der Waals surface area contributed by atoms with E-state index in [1.165, 1.54) is 0 Å². The Morgan fingerprint density at radius 2 is 2.10 bits per heavy atom. The van der Waals surface area contributed by atoms with E-state index in [-0.39, 0.29) is 0 Å². The third-order valence-electron chi connectivity index (χ3n) is 3.39. The van der Waals surface area contributed by atoms with Crippen LogP contribution in [-0.4, -0.2) is 30.9 Å². The van der Waals surface area contributed by atoms with E-state index in [4.69, 9.17) is 5.73 Å². The quantitative estimate of drug-likeness (QED) is 0.578. The SMILES string of the molecule is NC(=O)c1[nH]n(-c2ccccn2)c2c1ccc1nncc12. The average Bonchev–Trinajstić information content (AvgIpc) is 3.11. The Kier molecular flexibility index (Phi) is 2.28. The first-order valence-electron chi connectivity index (χ1n) is 6.32. The van der Waals surface area contributed by atoms with Crippen molar-refractivity contribution in [3.05, 3.63) is 48.4 Å². The Hall–Kier alpha value is -3.22. The molecule has 0 unspecified atom stereocenters. The zero-order valence-electron chi connectivity index (χ0n) is 10.8. The number of primary amides is 1. The second-order valence-electron chi connectivity index (χ2n) is 4.61. The first-order valence-corrected chi connectivity index (χ1v) is 6.32. The summed E-state index contributed by atoms with van der Waals surface area (Å²) in [5, 5.41) is 12.5. The number of H-pyrrole nitrogens is 1. The fourth-order valence-corrected chi connectivity index (χ4v) is 2.48. The van der Waals surface area contributed by atoms with Gasteiger partial charge in [0.2, 0.25) is 0 Å². The number of rotatable bonds is 2. The maximum atomic E-state index is 11.7. The number of fused-ring (bicyclic) bond motifs is 3. The summed E-state index contributed by atoms with van der Waals surface area (Å²) in [5.74, 6) is 0.130. The van der Waals surface area contributed by atoms with E-state index in [1.807, 2.05) is 30.3 Å². The molecule has 3 aromatic heterocycles. The number of hydrogen-bond acceptors (Lipinski definition) is 4. The Balaban J connectivity index is 2.19. The van der Waals surface area contributed by atoms with Crippen LogP contribution >= 0.6 is 0 Å². The monoisotopic (exact) mass is 278 g/mol. The molecule has 0 aliphatic carbocycles. The first-order chi connectivity index (χ1) is 10.3. The number of nitrogens with one attached hydrogen (secondary N) is 1. The van der Waals surface area contributed by atoms with Crippen molar-refractivity contribution in [2.75, 3.05) is 0 Å². The van der Waals surface area contributed by atoms with Gasteiger partial charge in [0.05, 0.1) is 17.2 Å². The summed E-state index contributed by atoms with van der Waals surface area (Å²) in [6.45, 7) is 0. The Bertz CT molecular complexity index is 969. The minimum Gasteiger partial charge on any atom is -0.364 e. The molecule has 3 heterocycles. The van der Waals surface area contributed by atoms with E-state index < -0.39 is 5.91 Å². The van der Waals surface area contributed by atoms with Gasteiger partial charge >= 0.3 is 0 Å². The number of nitrogens with zero attached hydrogens (tertiary/aromatic N) is 4. The van der Waals surface area contributed by atoms with Crippen LogP contribution < -0.4 is 5.73 Å². The van der Waals surface area contributed by atoms with E-state index in [0.717, 1.165) is 21.8 Å². The van der Waals surface area contributed by atoms with Crippen molar-refractivity contribution in [3.63, 3.8) is 0 Å². The van der Waals surface area contributed by atoms with Gasteiger partial charge in [-0.25, -0.2) is 9.67 Å². The summed E-state index contributed by atoms with van der Waals surface area (Å²) in [7, 11) is 0. The molecular formula is C14H10N6O. The molecule has 0 bridgehead atoms. The molecule has 1 aromatic carbocycles. The van der Waals surface area contributed by atoms with Crippen LogP contribution in [0.1, 0.15) is 10.5 Å². The molecule has 7 heteroatoms. The number of hydrogen-bond donors (Lipinski definition) is 2. The van der Waals surface area contributed by atoms with E-state index in [2.05, 4.69) is 20.3 Å². The molecule has 0 atom stereocenters. The van der Waals surface area contributed by atoms with Crippen molar-refractivity contribution in [3.8, 4) is 5.82 Å². The van der Waals surface area contributed by atoms with E-state index in [1.54, 1.807) is 17.1 Å². The summed E-state index contributed by atoms with van der Waals surface area (Å²) < 4.78 is 1.72. The highest BCUT2D eigenvalue weighted by atomic mass is 16.1. The third kappa shape index (κ3) is 1.61. The maximum Gasteiger partial charge on any atom is 0.267 e. The third-order valence-corrected chi connectivity index (χ3v) is 3.39. The van der Waals surface area contributed by atoms with E-state index in [0.29, 0.717) is 11.5 Å². The highest BCUT2D eigenvalue weighted by molar-refractivity contribution is 6.12. The molecule has 0 aliphatic heterocycles. The second-order valence-corrected chi connectivity index (χ2v) is 4.61. The molecule has 0 spiro atoms. The zero-order valence-corrected chi connectivity index (χ0v) is 10.8. The Labute approximate surface area is 118 Å². The van der Waals surface area contributed by atoms with Gasteiger partial charge in [0.1, 0.15) is 5.69 Å². The number of nitrogens with two attached hydrogens (primary N) is 1. The van der Waals surface area contributed by atoms with Gasteiger partial charge < -0.3 is 5.73 Å².